The Kier molecular flexibility index (Phi) is 5.45. The molecule has 1 heterocycles. The van der Waals surface area contributed by atoms with E-state index < -0.39 is 29.6 Å². The SMILES string of the molecule is CC(C)[C@@H](C(=O)O)[C@@H](NC(=O)OC(C)(C)C)c1ccc2c(c1)OCO2. The maximum absolute atomic E-state index is 12.2. The molecule has 1 amide bonds. The molecule has 1 aromatic rings. The normalized spacial score (nSPS) is 15.6. The Balaban J connectivity index is 2.34. The first-order valence-corrected chi connectivity index (χ1v) is 8.20. The number of carbonyl (C=O) groups is 2. The lowest BCUT2D eigenvalue weighted by atomic mass is 9.84. The highest BCUT2D eigenvalue weighted by molar-refractivity contribution is 5.74. The van der Waals surface area contributed by atoms with Crippen LogP contribution in [0.2, 0.25) is 0 Å². The number of carbonyl (C=O) groups excluding carboxylic acids is 1. The molecule has 0 fully saturated rings. The predicted octanol–water partition coefficient (Wildman–Crippen LogP) is 3.34. The van der Waals surface area contributed by atoms with Crippen LogP contribution in [0, 0.1) is 11.8 Å². The number of hydrogen-bond donors (Lipinski definition) is 2. The van der Waals surface area contributed by atoms with Crippen LogP contribution >= 0.6 is 0 Å². The summed E-state index contributed by atoms with van der Waals surface area (Å²) in [5.41, 5.74) is -0.0590. The zero-order valence-corrected chi connectivity index (χ0v) is 15.2. The third kappa shape index (κ3) is 4.78. The number of benzene rings is 1. The minimum absolute atomic E-state index is 0.121. The Hall–Kier alpha value is -2.44. The standard InChI is InChI=1S/C18H25NO6/c1-10(2)14(16(20)21)15(19-17(22)25-18(3,4)5)11-6-7-12-13(8-11)24-9-23-12/h6-8,10,14-15H,9H2,1-5H3,(H,19,22)(H,20,21)/t14-,15+/m1/s1. The summed E-state index contributed by atoms with van der Waals surface area (Å²) in [4.78, 5) is 24.1. The maximum atomic E-state index is 12.2. The van der Waals surface area contributed by atoms with Gasteiger partial charge in [-0.1, -0.05) is 19.9 Å². The van der Waals surface area contributed by atoms with E-state index in [0.717, 1.165) is 0 Å². The minimum Gasteiger partial charge on any atom is -0.481 e. The van der Waals surface area contributed by atoms with Crippen LogP contribution in [0.3, 0.4) is 0 Å². The summed E-state index contributed by atoms with van der Waals surface area (Å²) >= 11 is 0. The highest BCUT2D eigenvalue weighted by atomic mass is 16.7. The molecule has 1 aliphatic rings. The van der Waals surface area contributed by atoms with Crippen molar-refractivity contribution in [3.05, 3.63) is 23.8 Å². The largest absolute Gasteiger partial charge is 0.481 e. The average Bonchev–Trinajstić information content (AvgIpc) is 2.90. The van der Waals surface area contributed by atoms with Gasteiger partial charge in [0.1, 0.15) is 5.60 Å². The summed E-state index contributed by atoms with van der Waals surface area (Å²) in [6.07, 6.45) is -0.665. The number of ether oxygens (including phenoxy) is 3. The molecule has 0 aliphatic carbocycles. The summed E-state index contributed by atoms with van der Waals surface area (Å²) in [6, 6.07) is 4.37. The number of amides is 1. The van der Waals surface area contributed by atoms with Crippen LogP contribution in [0.4, 0.5) is 4.79 Å². The van der Waals surface area contributed by atoms with Gasteiger partial charge in [0.2, 0.25) is 6.79 Å². The molecule has 0 unspecified atom stereocenters. The monoisotopic (exact) mass is 351 g/mol. The second-order valence-electron chi connectivity index (χ2n) is 7.34. The number of hydrogen-bond acceptors (Lipinski definition) is 5. The van der Waals surface area contributed by atoms with E-state index in [1.54, 1.807) is 52.8 Å². The van der Waals surface area contributed by atoms with Gasteiger partial charge in [0.05, 0.1) is 12.0 Å². The fourth-order valence-corrected chi connectivity index (χ4v) is 2.73. The number of carboxylic acids is 1. The van der Waals surface area contributed by atoms with E-state index in [2.05, 4.69) is 5.32 Å². The van der Waals surface area contributed by atoms with Crippen LogP contribution in [0.15, 0.2) is 18.2 Å². The van der Waals surface area contributed by atoms with Crippen molar-refractivity contribution >= 4 is 12.1 Å². The van der Waals surface area contributed by atoms with Gasteiger partial charge in [-0.2, -0.15) is 0 Å². The first kappa shape index (κ1) is 18.9. The summed E-state index contributed by atoms with van der Waals surface area (Å²) in [5, 5.41) is 12.4. The molecule has 0 bridgehead atoms. The number of alkyl carbamates (subject to hydrolysis) is 1. The molecular formula is C18H25NO6. The number of carboxylic acid groups (broad SMARTS) is 1. The smallest absolute Gasteiger partial charge is 0.408 e. The van der Waals surface area contributed by atoms with Gasteiger partial charge in [-0.15, -0.1) is 0 Å². The van der Waals surface area contributed by atoms with Crippen LogP contribution in [-0.4, -0.2) is 29.6 Å². The predicted molar refractivity (Wildman–Crippen MR) is 90.6 cm³/mol. The van der Waals surface area contributed by atoms with E-state index in [9.17, 15) is 14.7 Å². The van der Waals surface area contributed by atoms with Crippen molar-refractivity contribution in [2.75, 3.05) is 6.79 Å². The molecule has 2 rings (SSSR count). The molecule has 138 valence electrons. The van der Waals surface area contributed by atoms with E-state index in [1.165, 1.54) is 0 Å². The van der Waals surface area contributed by atoms with Crippen LogP contribution in [0.25, 0.3) is 0 Å². The molecule has 1 aliphatic heterocycles. The molecular weight excluding hydrogens is 326 g/mol. The molecule has 0 saturated carbocycles. The lowest BCUT2D eigenvalue weighted by Crippen LogP contribution is -2.41. The second kappa shape index (κ2) is 7.21. The average molecular weight is 351 g/mol. The molecule has 2 atom stereocenters. The van der Waals surface area contributed by atoms with Gasteiger partial charge in [-0.3, -0.25) is 4.79 Å². The Morgan fingerprint density at radius 3 is 2.40 bits per heavy atom. The first-order chi connectivity index (χ1) is 11.6. The van der Waals surface area contributed by atoms with Crippen LogP contribution in [0.1, 0.15) is 46.2 Å². The van der Waals surface area contributed by atoms with Gasteiger partial charge >= 0.3 is 12.1 Å². The Labute approximate surface area is 147 Å². The van der Waals surface area contributed by atoms with Crippen LogP contribution in [-0.2, 0) is 9.53 Å². The topological polar surface area (TPSA) is 94.1 Å². The maximum Gasteiger partial charge on any atom is 0.408 e. The fourth-order valence-electron chi connectivity index (χ4n) is 2.73. The quantitative estimate of drug-likeness (QED) is 0.845. The highest BCUT2D eigenvalue weighted by Crippen LogP contribution is 2.37. The zero-order valence-electron chi connectivity index (χ0n) is 15.2. The van der Waals surface area contributed by atoms with Gasteiger partial charge in [-0.25, -0.2) is 4.79 Å². The van der Waals surface area contributed by atoms with Crippen molar-refractivity contribution in [1.29, 1.82) is 0 Å². The first-order valence-electron chi connectivity index (χ1n) is 8.20. The van der Waals surface area contributed by atoms with Crippen molar-refractivity contribution < 1.29 is 28.9 Å². The number of nitrogens with one attached hydrogen (secondary N) is 1. The van der Waals surface area contributed by atoms with E-state index in [0.29, 0.717) is 17.1 Å². The lowest BCUT2D eigenvalue weighted by molar-refractivity contribution is -0.144. The molecule has 1 aromatic carbocycles. The number of fused-ring (bicyclic) bond motifs is 1. The Morgan fingerprint density at radius 2 is 1.84 bits per heavy atom. The molecule has 0 aromatic heterocycles. The summed E-state index contributed by atoms with van der Waals surface area (Å²) in [7, 11) is 0. The second-order valence-corrected chi connectivity index (χ2v) is 7.34. The molecule has 0 saturated heterocycles. The van der Waals surface area contributed by atoms with Crippen molar-refractivity contribution in [3.8, 4) is 11.5 Å². The van der Waals surface area contributed by atoms with E-state index in [1.807, 2.05) is 0 Å². The fraction of sp³-hybridized carbons (Fsp3) is 0.556. The number of rotatable bonds is 5. The molecule has 2 N–H and O–H groups in total. The van der Waals surface area contributed by atoms with Crippen molar-refractivity contribution in [3.63, 3.8) is 0 Å². The molecule has 25 heavy (non-hydrogen) atoms. The molecule has 0 spiro atoms. The minimum atomic E-state index is -0.992. The Bertz CT molecular complexity index is 649. The van der Waals surface area contributed by atoms with Gasteiger partial charge in [0.25, 0.3) is 0 Å². The molecule has 7 nitrogen and oxygen atoms in total. The van der Waals surface area contributed by atoms with Crippen LogP contribution < -0.4 is 14.8 Å². The van der Waals surface area contributed by atoms with Crippen molar-refractivity contribution in [2.24, 2.45) is 11.8 Å². The van der Waals surface area contributed by atoms with Gasteiger partial charge < -0.3 is 24.6 Å². The highest BCUT2D eigenvalue weighted by Gasteiger charge is 2.35. The van der Waals surface area contributed by atoms with E-state index >= 15 is 0 Å². The third-order valence-electron chi connectivity index (χ3n) is 3.79. The molecule has 7 heteroatoms. The van der Waals surface area contributed by atoms with Crippen molar-refractivity contribution in [1.82, 2.24) is 5.32 Å². The van der Waals surface area contributed by atoms with E-state index in [-0.39, 0.29) is 12.7 Å². The van der Waals surface area contributed by atoms with Crippen molar-refractivity contribution in [2.45, 2.75) is 46.3 Å². The summed E-state index contributed by atoms with van der Waals surface area (Å²) in [6.45, 7) is 8.97. The zero-order chi connectivity index (χ0) is 18.8. The van der Waals surface area contributed by atoms with Gasteiger partial charge in [0.15, 0.2) is 11.5 Å². The van der Waals surface area contributed by atoms with Gasteiger partial charge in [0, 0.05) is 0 Å². The number of aliphatic carboxylic acids is 1. The molecule has 0 radical (unpaired) electrons. The Morgan fingerprint density at radius 1 is 1.20 bits per heavy atom. The van der Waals surface area contributed by atoms with Gasteiger partial charge in [-0.05, 0) is 44.4 Å². The third-order valence-corrected chi connectivity index (χ3v) is 3.79. The summed E-state index contributed by atoms with van der Waals surface area (Å²) in [5.74, 6) is -0.901. The van der Waals surface area contributed by atoms with E-state index in [4.69, 9.17) is 14.2 Å². The lowest BCUT2D eigenvalue weighted by Gasteiger charge is -2.29. The van der Waals surface area contributed by atoms with Crippen LogP contribution in [0.5, 0.6) is 11.5 Å². The summed E-state index contributed by atoms with van der Waals surface area (Å²) < 4.78 is 15.9.